The van der Waals surface area contributed by atoms with Crippen LogP contribution >= 0.6 is 0 Å². The fraction of sp³-hybridized carbons (Fsp3) is 0.200. The first-order chi connectivity index (χ1) is 12.8. The van der Waals surface area contributed by atoms with E-state index in [1.54, 1.807) is 42.5 Å². The first-order valence-electron chi connectivity index (χ1n) is 8.19. The van der Waals surface area contributed by atoms with Gasteiger partial charge in [0.15, 0.2) is 5.78 Å². The Kier molecular flexibility index (Phi) is 6.43. The van der Waals surface area contributed by atoms with Crippen molar-refractivity contribution in [1.82, 2.24) is 0 Å². The molecule has 0 aromatic heterocycles. The van der Waals surface area contributed by atoms with Crippen molar-refractivity contribution < 1.29 is 23.9 Å². The van der Waals surface area contributed by atoms with Gasteiger partial charge in [0.05, 0.1) is 12.7 Å². The maximum Gasteiger partial charge on any atom is 0.337 e. The van der Waals surface area contributed by atoms with E-state index in [-0.39, 0.29) is 18.2 Å². The molecule has 0 aliphatic carbocycles. The van der Waals surface area contributed by atoms with Crippen LogP contribution in [-0.2, 0) is 14.3 Å². The van der Waals surface area contributed by atoms with E-state index in [1.807, 2.05) is 0 Å². The van der Waals surface area contributed by atoms with E-state index in [4.69, 9.17) is 0 Å². The molecule has 1 N–H and O–H groups in total. The number of ketones is 1. The number of nitrogens with zero attached hydrogens (tertiary/aromatic N) is 1. The maximum absolute atomic E-state index is 12.4. The number of ether oxygens (including phenoxy) is 1. The lowest BCUT2D eigenvalue weighted by molar-refractivity contribution is -0.120. The number of anilines is 2. The molecular formula is C20H20N2O5. The minimum atomic E-state index is -0.512. The monoisotopic (exact) mass is 368 g/mol. The number of rotatable bonds is 6. The van der Waals surface area contributed by atoms with E-state index < -0.39 is 11.9 Å². The van der Waals surface area contributed by atoms with E-state index in [9.17, 15) is 19.2 Å². The summed E-state index contributed by atoms with van der Waals surface area (Å²) in [5.74, 6) is -1.34. The molecule has 7 heteroatoms. The number of amides is 2. The summed E-state index contributed by atoms with van der Waals surface area (Å²) in [6.45, 7) is 2.59. The van der Waals surface area contributed by atoms with Gasteiger partial charge in [-0.05, 0) is 49.4 Å². The number of carbonyl (C=O) groups excluding carboxylic acids is 4. The Hall–Kier alpha value is -3.48. The fourth-order valence-corrected chi connectivity index (χ4v) is 2.45. The third-order valence-corrected chi connectivity index (χ3v) is 3.83. The smallest absolute Gasteiger partial charge is 0.337 e. The van der Waals surface area contributed by atoms with Crippen LogP contribution in [0.5, 0.6) is 0 Å². The molecule has 0 unspecified atom stereocenters. The summed E-state index contributed by atoms with van der Waals surface area (Å²) in [6, 6.07) is 12.7. The summed E-state index contributed by atoms with van der Waals surface area (Å²) < 4.78 is 4.65. The van der Waals surface area contributed by atoms with Crippen LogP contribution in [0.2, 0.25) is 0 Å². The largest absolute Gasteiger partial charge is 0.465 e. The van der Waals surface area contributed by atoms with Gasteiger partial charge in [-0.15, -0.1) is 0 Å². The number of carbonyl (C=O) groups is 4. The summed E-state index contributed by atoms with van der Waals surface area (Å²) in [5, 5.41) is 2.65. The zero-order chi connectivity index (χ0) is 20.0. The van der Waals surface area contributed by atoms with Crippen molar-refractivity contribution in [2.24, 2.45) is 0 Å². The Balaban J connectivity index is 2.12. The molecular weight excluding hydrogens is 348 g/mol. The topological polar surface area (TPSA) is 92.8 Å². The molecule has 0 fully saturated rings. The van der Waals surface area contributed by atoms with Crippen LogP contribution in [0.25, 0.3) is 0 Å². The van der Waals surface area contributed by atoms with Gasteiger partial charge in [-0.25, -0.2) is 4.79 Å². The van der Waals surface area contributed by atoms with Gasteiger partial charge in [0.1, 0.15) is 6.54 Å². The Bertz CT molecular complexity index is 874. The molecule has 0 aliphatic rings. The summed E-state index contributed by atoms with van der Waals surface area (Å²) in [5.41, 5.74) is 1.74. The second kappa shape index (κ2) is 8.75. The highest BCUT2D eigenvalue weighted by molar-refractivity contribution is 6.02. The molecule has 2 aromatic rings. The second-order valence-electron chi connectivity index (χ2n) is 5.83. The van der Waals surface area contributed by atoms with Crippen molar-refractivity contribution >= 4 is 34.9 Å². The van der Waals surface area contributed by atoms with E-state index in [0.717, 1.165) is 0 Å². The fourth-order valence-electron chi connectivity index (χ4n) is 2.45. The highest BCUT2D eigenvalue weighted by Gasteiger charge is 2.17. The van der Waals surface area contributed by atoms with E-state index in [2.05, 4.69) is 10.1 Å². The van der Waals surface area contributed by atoms with Gasteiger partial charge in [0.25, 0.3) is 0 Å². The van der Waals surface area contributed by atoms with Crippen LogP contribution in [0, 0.1) is 0 Å². The molecule has 0 atom stereocenters. The molecule has 0 aliphatic heterocycles. The number of Topliss-reactive ketones (excluding diaryl/α,β-unsaturated/α-hetero) is 1. The summed E-state index contributed by atoms with van der Waals surface area (Å²) in [7, 11) is 1.27. The van der Waals surface area contributed by atoms with Crippen molar-refractivity contribution in [2.75, 3.05) is 23.9 Å². The third kappa shape index (κ3) is 5.24. The van der Waals surface area contributed by atoms with E-state index in [0.29, 0.717) is 22.5 Å². The van der Waals surface area contributed by atoms with Crippen LogP contribution in [0.15, 0.2) is 48.5 Å². The minimum Gasteiger partial charge on any atom is -0.465 e. The van der Waals surface area contributed by atoms with E-state index >= 15 is 0 Å². The molecule has 2 aromatic carbocycles. The molecule has 0 spiro atoms. The lowest BCUT2D eigenvalue weighted by atomic mass is 10.1. The highest BCUT2D eigenvalue weighted by atomic mass is 16.5. The van der Waals surface area contributed by atoms with Crippen LogP contribution in [-0.4, -0.2) is 37.2 Å². The molecule has 0 saturated heterocycles. The number of methoxy groups -OCH3 is 1. The Labute approximate surface area is 156 Å². The van der Waals surface area contributed by atoms with Gasteiger partial charge < -0.3 is 15.0 Å². The molecule has 0 bridgehead atoms. The first kappa shape index (κ1) is 19.8. The predicted octanol–water partition coefficient (Wildman–Crippen LogP) is 2.67. The first-order valence-corrected chi connectivity index (χ1v) is 8.19. The third-order valence-electron chi connectivity index (χ3n) is 3.83. The minimum absolute atomic E-state index is 0.0841. The summed E-state index contributed by atoms with van der Waals surface area (Å²) in [6.07, 6.45) is 0. The van der Waals surface area contributed by atoms with Gasteiger partial charge in [-0.3, -0.25) is 14.4 Å². The second-order valence-corrected chi connectivity index (χ2v) is 5.83. The lowest BCUT2D eigenvalue weighted by Crippen LogP contribution is -2.36. The average molecular weight is 368 g/mol. The Morgan fingerprint density at radius 2 is 1.63 bits per heavy atom. The Morgan fingerprint density at radius 1 is 0.963 bits per heavy atom. The molecule has 7 nitrogen and oxygen atoms in total. The van der Waals surface area contributed by atoms with Crippen molar-refractivity contribution in [3.63, 3.8) is 0 Å². The molecule has 140 valence electrons. The predicted molar refractivity (Wildman–Crippen MR) is 101 cm³/mol. The van der Waals surface area contributed by atoms with Crippen molar-refractivity contribution in [3.8, 4) is 0 Å². The number of hydrogen-bond donors (Lipinski definition) is 1. The number of nitrogens with one attached hydrogen (secondary N) is 1. The number of hydrogen-bond acceptors (Lipinski definition) is 5. The average Bonchev–Trinajstić information content (AvgIpc) is 2.65. The molecule has 27 heavy (non-hydrogen) atoms. The van der Waals surface area contributed by atoms with Crippen molar-refractivity contribution in [2.45, 2.75) is 13.8 Å². The van der Waals surface area contributed by atoms with Gasteiger partial charge in [0, 0.05) is 23.9 Å². The normalized spacial score (nSPS) is 10.0. The number of esters is 1. The zero-order valence-electron chi connectivity index (χ0n) is 15.3. The van der Waals surface area contributed by atoms with Crippen molar-refractivity contribution in [3.05, 3.63) is 59.7 Å². The van der Waals surface area contributed by atoms with Crippen LogP contribution in [0.1, 0.15) is 34.6 Å². The molecule has 2 rings (SSSR count). The van der Waals surface area contributed by atoms with Crippen LogP contribution in [0.3, 0.4) is 0 Å². The van der Waals surface area contributed by atoms with Crippen LogP contribution < -0.4 is 10.2 Å². The quantitative estimate of drug-likeness (QED) is 0.625. The summed E-state index contributed by atoms with van der Waals surface area (Å²) in [4.78, 5) is 48.5. The van der Waals surface area contributed by atoms with Gasteiger partial charge >= 0.3 is 5.97 Å². The lowest BCUT2D eigenvalue weighted by Gasteiger charge is -2.21. The standard InChI is InChI=1S/C20H20N2O5/c1-13(23)15-7-9-18(10-8-15)22(14(2)24)12-19(25)21-17-6-4-5-16(11-17)20(26)27-3/h4-11H,12H2,1-3H3,(H,21,25). The van der Waals surface area contributed by atoms with E-state index in [1.165, 1.54) is 31.9 Å². The Morgan fingerprint density at radius 3 is 2.19 bits per heavy atom. The van der Waals surface area contributed by atoms with Gasteiger partial charge in [-0.2, -0.15) is 0 Å². The molecule has 0 saturated carbocycles. The SMILES string of the molecule is COC(=O)c1cccc(NC(=O)CN(C(C)=O)c2ccc(C(C)=O)cc2)c1. The van der Waals surface area contributed by atoms with Gasteiger partial charge in [0.2, 0.25) is 11.8 Å². The van der Waals surface area contributed by atoms with Gasteiger partial charge in [-0.1, -0.05) is 6.07 Å². The number of benzene rings is 2. The summed E-state index contributed by atoms with van der Waals surface area (Å²) >= 11 is 0. The van der Waals surface area contributed by atoms with Crippen molar-refractivity contribution in [1.29, 1.82) is 0 Å². The zero-order valence-corrected chi connectivity index (χ0v) is 15.3. The molecule has 0 heterocycles. The highest BCUT2D eigenvalue weighted by Crippen LogP contribution is 2.17. The molecule has 2 amide bonds. The molecule has 0 radical (unpaired) electrons. The van der Waals surface area contributed by atoms with Crippen LogP contribution in [0.4, 0.5) is 11.4 Å². The maximum atomic E-state index is 12.4.